The van der Waals surface area contributed by atoms with Crippen LogP contribution in [0.2, 0.25) is 5.28 Å². The summed E-state index contributed by atoms with van der Waals surface area (Å²) in [5.41, 5.74) is 1.67. The van der Waals surface area contributed by atoms with Crippen LogP contribution in [0.5, 0.6) is 0 Å². The topological polar surface area (TPSA) is 83.2 Å². The number of aliphatic hydroxyl groups is 2. The van der Waals surface area contributed by atoms with Gasteiger partial charge in [-0.15, -0.1) is 0 Å². The number of benzene rings is 1. The van der Waals surface area contributed by atoms with E-state index in [1.807, 2.05) is 47.2 Å². The Balaban J connectivity index is 1.75. The molecular weight excluding hydrogens is 340 g/mol. The normalized spacial score (nSPS) is 26.2. The number of nitrogens with one attached hydrogen (secondary N) is 1. The van der Waals surface area contributed by atoms with Crippen molar-refractivity contribution in [2.75, 3.05) is 12.4 Å². The van der Waals surface area contributed by atoms with Gasteiger partial charge in [0.25, 0.3) is 0 Å². The Morgan fingerprint density at radius 3 is 2.60 bits per heavy atom. The number of fused-ring (bicyclic) bond motifs is 1. The molecule has 130 valence electrons. The Hall–Kier alpha value is -2.15. The molecule has 0 bridgehead atoms. The van der Waals surface area contributed by atoms with Gasteiger partial charge in [0.15, 0.2) is 0 Å². The summed E-state index contributed by atoms with van der Waals surface area (Å²) in [6.07, 6.45) is 0.774. The van der Waals surface area contributed by atoms with Gasteiger partial charge in [0.1, 0.15) is 17.6 Å². The SMILES string of the molecule is CNc1nc(Cl)nc2c1ccn2[C@@H]1C[C@H](c2ccccc2)[C@@H](O)[C@H]1O. The molecule has 7 heteroatoms. The Morgan fingerprint density at radius 1 is 1.12 bits per heavy atom. The molecule has 3 aromatic rings. The summed E-state index contributed by atoms with van der Waals surface area (Å²) in [4.78, 5) is 8.50. The first-order valence-electron chi connectivity index (χ1n) is 8.23. The van der Waals surface area contributed by atoms with Crippen LogP contribution >= 0.6 is 11.6 Å². The van der Waals surface area contributed by atoms with Crippen LogP contribution in [0.15, 0.2) is 42.6 Å². The molecule has 25 heavy (non-hydrogen) atoms. The van der Waals surface area contributed by atoms with Gasteiger partial charge in [0.2, 0.25) is 5.28 Å². The minimum atomic E-state index is -0.882. The summed E-state index contributed by atoms with van der Waals surface area (Å²) >= 11 is 6.04. The molecule has 1 aliphatic carbocycles. The molecule has 1 aromatic carbocycles. The van der Waals surface area contributed by atoms with Gasteiger partial charge in [0.05, 0.1) is 17.5 Å². The average molecular weight is 359 g/mol. The van der Waals surface area contributed by atoms with Gasteiger partial charge >= 0.3 is 0 Å². The van der Waals surface area contributed by atoms with Crippen LogP contribution in [-0.2, 0) is 0 Å². The first-order chi connectivity index (χ1) is 12.1. The third-order valence-corrected chi connectivity index (χ3v) is 5.19. The molecule has 4 rings (SSSR count). The van der Waals surface area contributed by atoms with Crippen LogP contribution in [0.3, 0.4) is 0 Å². The standard InChI is InChI=1S/C18H19ClN4O2/c1-20-16-11-7-8-23(17(11)22-18(19)21-16)13-9-12(14(24)15(13)25)10-5-3-2-4-6-10/h2-8,12-15,24-25H,9H2,1H3,(H,20,21,22)/t12-,13-,14-,15+/m1/s1. The molecule has 6 nitrogen and oxygen atoms in total. The highest BCUT2D eigenvalue weighted by Crippen LogP contribution is 2.43. The van der Waals surface area contributed by atoms with E-state index in [2.05, 4.69) is 15.3 Å². The van der Waals surface area contributed by atoms with Crippen LogP contribution in [0.1, 0.15) is 23.9 Å². The van der Waals surface area contributed by atoms with Crippen LogP contribution in [0, 0.1) is 0 Å². The summed E-state index contributed by atoms with van der Waals surface area (Å²) in [5.74, 6) is 0.515. The summed E-state index contributed by atoms with van der Waals surface area (Å²) in [6.45, 7) is 0. The number of hydrogen-bond acceptors (Lipinski definition) is 5. The van der Waals surface area contributed by atoms with Crippen molar-refractivity contribution in [3.63, 3.8) is 0 Å². The van der Waals surface area contributed by atoms with Gasteiger partial charge in [-0.3, -0.25) is 0 Å². The molecule has 1 aliphatic rings. The molecule has 2 aromatic heterocycles. The molecule has 4 atom stereocenters. The zero-order chi connectivity index (χ0) is 17.6. The first-order valence-corrected chi connectivity index (χ1v) is 8.61. The highest BCUT2D eigenvalue weighted by atomic mass is 35.5. The van der Waals surface area contributed by atoms with Crippen molar-refractivity contribution in [3.8, 4) is 0 Å². The molecular formula is C18H19ClN4O2. The van der Waals surface area contributed by atoms with Crippen molar-refractivity contribution in [1.29, 1.82) is 0 Å². The molecule has 3 N–H and O–H groups in total. The molecule has 2 heterocycles. The van der Waals surface area contributed by atoms with Gasteiger partial charge in [-0.05, 0) is 29.7 Å². The van der Waals surface area contributed by atoms with Crippen molar-refractivity contribution in [3.05, 3.63) is 53.4 Å². The van der Waals surface area contributed by atoms with Crippen molar-refractivity contribution in [2.24, 2.45) is 0 Å². The fourth-order valence-electron chi connectivity index (χ4n) is 3.78. The van der Waals surface area contributed by atoms with E-state index < -0.39 is 12.2 Å². The quantitative estimate of drug-likeness (QED) is 0.627. The fourth-order valence-corrected chi connectivity index (χ4v) is 3.95. The van der Waals surface area contributed by atoms with E-state index in [-0.39, 0.29) is 17.2 Å². The third kappa shape index (κ3) is 2.66. The van der Waals surface area contributed by atoms with Crippen LogP contribution in [0.25, 0.3) is 11.0 Å². The second-order valence-corrected chi connectivity index (χ2v) is 6.69. The molecule has 1 saturated carbocycles. The van der Waals surface area contributed by atoms with Crippen LogP contribution in [0.4, 0.5) is 5.82 Å². The zero-order valence-electron chi connectivity index (χ0n) is 13.7. The second-order valence-electron chi connectivity index (χ2n) is 6.35. The fraction of sp³-hybridized carbons (Fsp3) is 0.333. The Labute approximate surface area is 150 Å². The predicted octanol–water partition coefficient (Wildman–Crippen LogP) is 2.58. The van der Waals surface area contributed by atoms with Gasteiger partial charge in [-0.2, -0.15) is 4.98 Å². The summed E-state index contributed by atoms with van der Waals surface area (Å²) in [7, 11) is 1.77. The van der Waals surface area contributed by atoms with E-state index in [1.54, 1.807) is 7.05 Å². The van der Waals surface area contributed by atoms with E-state index >= 15 is 0 Å². The molecule has 1 fully saturated rings. The summed E-state index contributed by atoms with van der Waals surface area (Å²) in [6, 6.07) is 11.4. The Morgan fingerprint density at radius 2 is 1.88 bits per heavy atom. The van der Waals surface area contributed by atoms with Crippen LogP contribution < -0.4 is 5.32 Å². The van der Waals surface area contributed by atoms with Crippen molar-refractivity contribution < 1.29 is 10.2 Å². The average Bonchev–Trinajstić information content (AvgIpc) is 3.17. The molecule has 0 amide bonds. The largest absolute Gasteiger partial charge is 0.390 e. The number of hydrogen-bond donors (Lipinski definition) is 3. The third-order valence-electron chi connectivity index (χ3n) is 5.02. The molecule has 0 radical (unpaired) electrons. The smallest absolute Gasteiger partial charge is 0.226 e. The first kappa shape index (κ1) is 16.3. The molecule has 0 unspecified atom stereocenters. The lowest BCUT2D eigenvalue weighted by Crippen LogP contribution is -2.28. The molecule has 0 saturated heterocycles. The number of nitrogens with zero attached hydrogens (tertiary/aromatic N) is 3. The number of halogens is 1. The second kappa shape index (κ2) is 6.29. The van der Waals surface area contributed by atoms with Crippen LogP contribution in [-0.4, -0.2) is 44.0 Å². The number of anilines is 1. The van der Waals surface area contributed by atoms with E-state index in [0.717, 1.165) is 10.9 Å². The van der Waals surface area contributed by atoms with Crippen molar-refractivity contribution in [2.45, 2.75) is 30.6 Å². The Kier molecular flexibility index (Phi) is 4.11. The van der Waals surface area contributed by atoms with Crippen molar-refractivity contribution in [1.82, 2.24) is 14.5 Å². The Bertz CT molecular complexity index is 899. The lowest BCUT2D eigenvalue weighted by atomic mass is 9.95. The monoisotopic (exact) mass is 358 g/mol. The minimum absolute atomic E-state index is 0.125. The maximum absolute atomic E-state index is 10.7. The van der Waals surface area contributed by atoms with Gasteiger partial charge in [-0.25, -0.2) is 4.98 Å². The predicted molar refractivity (Wildman–Crippen MR) is 96.9 cm³/mol. The minimum Gasteiger partial charge on any atom is -0.390 e. The van der Waals surface area contributed by atoms with Crippen molar-refractivity contribution >= 4 is 28.5 Å². The number of aromatic nitrogens is 3. The van der Waals surface area contributed by atoms with E-state index in [0.29, 0.717) is 17.9 Å². The molecule has 0 spiro atoms. The number of rotatable bonds is 3. The van der Waals surface area contributed by atoms with E-state index in [1.165, 1.54) is 0 Å². The maximum atomic E-state index is 10.7. The highest BCUT2D eigenvalue weighted by Gasteiger charge is 2.43. The van der Waals surface area contributed by atoms with E-state index in [4.69, 9.17) is 11.6 Å². The summed E-state index contributed by atoms with van der Waals surface area (Å²) < 4.78 is 1.89. The van der Waals surface area contributed by atoms with Gasteiger partial charge < -0.3 is 20.1 Å². The van der Waals surface area contributed by atoms with Gasteiger partial charge in [0, 0.05) is 19.2 Å². The zero-order valence-corrected chi connectivity index (χ0v) is 14.4. The lowest BCUT2D eigenvalue weighted by molar-refractivity contribution is 0.0179. The number of aliphatic hydroxyl groups excluding tert-OH is 2. The van der Waals surface area contributed by atoms with Gasteiger partial charge in [-0.1, -0.05) is 30.3 Å². The highest BCUT2D eigenvalue weighted by molar-refractivity contribution is 6.28. The van der Waals surface area contributed by atoms with E-state index in [9.17, 15) is 10.2 Å². The maximum Gasteiger partial charge on any atom is 0.226 e. The summed E-state index contributed by atoms with van der Waals surface area (Å²) in [5, 5.41) is 25.2. The lowest BCUT2D eigenvalue weighted by Gasteiger charge is -2.19. The molecule has 0 aliphatic heterocycles.